The Labute approximate surface area is 101 Å². The Kier molecular flexibility index (Phi) is 5.61. The largest absolute Gasteiger partial charge is 0.396 e. The van der Waals surface area contributed by atoms with Gasteiger partial charge in [0, 0.05) is 19.2 Å². The van der Waals surface area contributed by atoms with Crippen LogP contribution in [0.5, 0.6) is 0 Å². The van der Waals surface area contributed by atoms with Gasteiger partial charge in [-0.15, -0.1) is 0 Å². The molecule has 4 heteroatoms. The van der Waals surface area contributed by atoms with E-state index in [9.17, 15) is 4.39 Å². The van der Waals surface area contributed by atoms with Crippen LogP contribution in [-0.2, 0) is 6.54 Å². The fourth-order valence-corrected chi connectivity index (χ4v) is 1.64. The molecule has 0 saturated carbocycles. The third kappa shape index (κ3) is 4.14. The molecule has 17 heavy (non-hydrogen) atoms. The lowest BCUT2D eigenvalue weighted by atomic mass is 10.1. The lowest BCUT2D eigenvalue weighted by Crippen LogP contribution is -2.28. The first-order valence-corrected chi connectivity index (χ1v) is 5.74. The molecule has 0 spiro atoms. The summed E-state index contributed by atoms with van der Waals surface area (Å²) in [6, 6.07) is 6.58. The lowest BCUT2D eigenvalue weighted by Gasteiger charge is -2.15. The quantitative estimate of drug-likeness (QED) is 0.793. The molecular weight excluding hydrogens is 219 g/mol. The molecule has 0 heterocycles. The normalized spacial score (nSPS) is 12.1. The molecule has 0 fully saturated rings. The van der Waals surface area contributed by atoms with Gasteiger partial charge in [-0.25, -0.2) is 4.39 Å². The number of nitriles is 1. The zero-order valence-electron chi connectivity index (χ0n) is 9.91. The van der Waals surface area contributed by atoms with Crippen molar-refractivity contribution in [1.82, 2.24) is 5.32 Å². The summed E-state index contributed by atoms with van der Waals surface area (Å²) in [5.74, 6) is -0.487. The Morgan fingerprint density at radius 2 is 2.29 bits per heavy atom. The van der Waals surface area contributed by atoms with E-state index in [1.165, 1.54) is 6.07 Å². The number of benzene rings is 1. The van der Waals surface area contributed by atoms with Crippen LogP contribution in [-0.4, -0.2) is 17.8 Å². The van der Waals surface area contributed by atoms with E-state index in [1.54, 1.807) is 12.1 Å². The smallest absolute Gasteiger partial charge is 0.140 e. The molecule has 0 aromatic heterocycles. The van der Waals surface area contributed by atoms with Crippen LogP contribution in [0.25, 0.3) is 0 Å². The van der Waals surface area contributed by atoms with Gasteiger partial charge in [0.1, 0.15) is 11.9 Å². The molecule has 1 atom stereocenters. The molecule has 2 N–H and O–H groups in total. The molecule has 92 valence electrons. The molecule has 0 aliphatic carbocycles. The van der Waals surface area contributed by atoms with E-state index in [4.69, 9.17) is 10.4 Å². The molecule has 1 unspecified atom stereocenters. The molecule has 1 aromatic rings. The zero-order chi connectivity index (χ0) is 12.7. The average molecular weight is 236 g/mol. The summed E-state index contributed by atoms with van der Waals surface area (Å²) in [6.07, 6.45) is 1.62. The highest BCUT2D eigenvalue weighted by Gasteiger charge is 2.06. The number of halogens is 1. The van der Waals surface area contributed by atoms with Gasteiger partial charge in [0.05, 0.1) is 5.56 Å². The van der Waals surface area contributed by atoms with Gasteiger partial charge in [-0.05, 0) is 30.5 Å². The van der Waals surface area contributed by atoms with Gasteiger partial charge < -0.3 is 10.4 Å². The Morgan fingerprint density at radius 1 is 1.53 bits per heavy atom. The van der Waals surface area contributed by atoms with E-state index >= 15 is 0 Å². The monoisotopic (exact) mass is 236 g/mol. The topological polar surface area (TPSA) is 56.0 Å². The predicted molar refractivity (Wildman–Crippen MR) is 63.7 cm³/mol. The third-order valence-corrected chi connectivity index (χ3v) is 2.72. The van der Waals surface area contributed by atoms with Crippen LogP contribution < -0.4 is 5.32 Å². The van der Waals surface area contributed by atoms with E-state index in [0.29, 0.717) is 13.0 Å². The van der Waals surface area contributed by atoms with E-state index in [2.05, 4.69) is 5.32 Å². The van der Waals surface area contributed by atoms with E-state index in [0.717, 1.165) is 12.0 Å². The molecule has 1 aromatic carbocycles. The van der Waals surface area contributed by atoms with Crippen molar-refractivity contribution >= 4 is 0 Å². The minimum absolute atomic E-state index is 0.0690. The first-order chi connectivity index (χ1) is 8.21. The number of hydrogen-bond acceptors (Lipinski definition) is 3. The highest BCUT2D eigenvalue weighted by molar-refractivity contribution is 5.34. The number of hydrogen-bond donors (Lipinski definition) is 2. The highest BCUT2D eigenvalue weighted by Crippen LogP contribution is 2.10. The maximum absolute atomic E-state index is 13.1. The van der Waals surface area contributed by atoms with Crippen molar-refractivity contribution in [2.75, 3.05) is 6.61 Å². The number of nitrogens with one attached hydrogen (secondary N) is 1. The minimum atomic E-state index is -0.487. The summed E-state index contributed by atoms with van der Waals surface area (Å²) in [5, 5.41) is 20.8. The SMILES string of the molecule is CCC(CCO)NCc1ccc(F)c(C#N)c1. The first-order valence-electron chi connectivity index (χ1n) is 5.74. The van der Waals surface area contributed by atoms with Crippen molar-refractivity contribution in [2.45, 2.75) is 32.4 Å². The van der Waals surface area contributed by atoms with Gasteiger partial charge in [-0.1, -0.05) is 13.0 Å². The summed E-state index contributed by atoms with van der Waals surface area (Å²) in [7, 11) is 0. The van der Waals surface area contributed by atoms with E-state index in [1.807, 2.05) is 13.0 Å². The molecule has 0 amide bonds. The second kappa shape index (κ2) is 7.00. The average Bonchev–Trinajstić information content (AvgIpc) is 2.36. The standard InChI is InChI=1S/C13H17FN2O/c1-2-12(5-6-17)16-9-10-3-4-13(14)11(7-10)8-15/h3-4,7,12,16-17H,2,5-6,9H2,1H3. The maximum atomic E-state index is 13.1. The van der Waals surface area contributed by atoms with Crippen LogP contribution in [0.4, 0.5) is 4.39 Å². The van der Waals surface area contributed by atoms with Gasteiger partial charge in [0.2, 0.25) is 0 Å². The molecule has 0 aliphatic rings. The number of rotatable bonds is 6. The van der Waals surface area contributed by atoms with Gasteiger partial charge in [0.15, 0.2) is 0 Å². The Balaban J connectivity index is 2.60. The van der Waals surface area contributed by atoms with Crippen LogP contribution in [0, 0.1) is 17.1 Å². The molecule has 0 bridgehead atoms. The summed E-state index contributed by atoms with van der Waals surface area (Å²) in [6.45, 7) is 2.77. The van der Waals surface area contributed by atoms with Crippen molar-refractivity contribution in [3.05, 3.63) is 35.1 Å². The predicted octanol–water partition coefficient (Wildman–Crippen LogP) is 1.95. The minimum Gasteiger partial charge on any atom is -0.396 e. The summed E-state index contributed by atoms with van der Waals surface area (Å²) >= 11 is 0. The van der Waals surface area contributed by atoms with Gasteiger partial charge in [0.25, 0.3) is 0 Å². The molecule has 0 saturated heterocycles. The van der Waals surface area contributed by atoms with Crippen molar-refractivity contribution < 1.29 is 9.50 Å². The number of aliphatic hydroxyl groups is 1. The lowest BCUT2D eigenvalue weighted by molar-refractivity contribution is 0.262. The van der Waals surface area contributed by atoms with E-state index < -0.39 is 5.82 Å². The maximum Gasteiger partial charge on any atom is 0.140 e. The van der Waals surface area contributed by atoms with Crippen molar-refractivity contribution in [3.63, 3.8) is 0 Å². The van der Waals surface area contributed by atoms with Crippen LogP contribution in [0.15, 0.2) is 18.2 Å². The van der Waals surface area contributed by atoms with Gasteiger partial charge in [-0.3, -0.25) is 0 Å². The first kappa shape index (κ1) is 13.6. The Hall–Kier alpha value is -1.44. The van der Waals surface area contributed by atoms with Crippen LogP contribution >= 0.6 is 0 Å². The van der Waals surface area contributed by atoms with Crippen molar-refractivity contribution in [1.29, 1.82) is 5.26 Å². The van der Waals surface area contributed by atoms with Gasteiger partial charge >= 0.3 is 0 Å². The zero-order valence-corrected chi connectivity index (χ0v) is 9.91. The Bertz CT molecular complexity index is 401. The van der Waals surface area contributed by atoms with E-state index in [-0.39, 0.29) is 18.2 Å². The number of nitrogens with zero attached hydrogens (tertiary/aromatic N) is 1. The molecule has 0 aliphatic heterocycles. The highest BCUT2D eigenvalue weighted by atomic mass is 19.1. The molecular formula is C13H17FN2O. The fourth-order valence-electron chi connectivity index (χ4n) is 1.64. The van der Waals surface area contributed by atoms with Crippen molar-refractivity contribution in [2.24, 2.45) is 0 Å². The third-order valence-electron chi connectivity index (χ3n) is 2.72. The van der Waals surface area contributed by atoms with Crippen molar-refractivity contribution in [3.8, 4) is 6.07 Å². The second-order valence-electron chi connectivity index (χ2n) is 3.92. The molecule has 3 nitrogen and oxygen atoms in total. The summed E-state index contributed by atoms with van der Waals surface area (Å²) in [5.41, 5.74) is 0.943. The van der Waals surface area contributed by atoms with Crippen LogP contribution in [0.2, 0.25) is 0 Å². The number of aliphatic hydroxyl groups excluding tert-OH is 1. The van der Waals surface area contributed by atoms with Gasteiger partial charge in [-0.2, -0.15) is 5.26 Å². The van der Waals surface area contributed by atoms with Crippen LogP contribution in [0.3, 0.4) is 0 Å². The molecule has 0 radical (unpaired) electrons. The Morgan fingerprint density at radius 3 is 2.88 bits per heavy atom. The second-order valence-corrected chi connectivity index (χ2v) is 3.92. The van der Waals surface area contributed by atoms with Crippen LogP contribution in [0.1, 0.15) is 30.9 Å². The molecule has 1 rings (SSSR count). The fraction of sp³-hybridized carbons (Fsp3) is 0.462. The summed E-state index contributed by atoms with van der Waals surface area (Å²) in [4.78, 5) is 0. The summed E-state index contributed by atoms with van der Waals surface area (Å²) < 4.78 is 13.1.